The first-order valence-corrected chi connectivity index (χ1v) is 6.97. The Morgan fingerprint density at radius 2 is 1.95 bits per heavy atom. The van der Waals surface area contributed by atoms with E-state index in [9.17, 15) is 10.1 Å². The molecule has 1 fully saturated rings. The minimum Gasteiger partial charge on any atom is -0.393 e. The molecule has 0 radical (unpaired) electrons. The lowest BCUT2D eigenvalue weighted by atomic mass is 10.1. The summed E-state index contributed by atoms with van der Waals surface area (Å²) in [5.74, 6) is 0. The normalized spacial score (nSPS) is 17.6. The van der Waals surface area contributed by atoms with Crippen molar-refractivity contribution < 1.29 is 4.92 Å². The van der Waals surface area contributed by atoms with Crippen molar-refractivity contribution in [2.24, 2.45) is 0 Å². The van der Waals surface area contributed by atoms with Gasteiger partial charge in [0.15, 0.2) is 0 Å². The first-order valence-electron chi connectivity index (χ1n) is 6.97. The molecule has 0 aliphatic carbocycles. The number of anilines is 1. The molecule has 0 spiro atoms. The fraction of sp³-hybridized carbons (Fsp3) is 0.571. The summed E-state index contributed by atoms with van der Waals surface area (Å²) in [6, 6.07) is 5.60. The topological polar surface area (TPSA) is 75.6 Å². The van der Waals surface area contributed by atoms with Crippen LogP contribution in [0.25, 0.3) is 0 Å². The maximum Gasteiger partial charge on any atom is 0.292 e. The van der Waals surface area contributed by atoms with Crippen LogP contribution < -0.4 is 5.73 Å². The summed E-state index contributed by atoms with van der Waals surface area (Å²) in [7, 11) is 0. The number of nitro groups is 1. The first kappa shape index (κ1) is 14.7. The SMILES string of the molecule is CC(C)N1CCN(Cc2cccc([N+](=O)[O-])c2N)CC1. The molecule has 0 bridgehead atoms. The van der Waals surface area contributed by atoms with Crippen molar-refractivity contribution >= 4 is 11.4 Å². The number of nitrogens with two attached hydrogens (primary N) is 1. The molecule has 20 heavy (non-hydrogen) atoms. The molecule has 0 unspecified atom stereocenters. The highest BCUT2D eigenvalue weighted by atomic mass is 16.6. The van der Waals surface area contributed by atoms with E-state index in [1.54, 1.807) is 6.07 Å². The van der Waals surface area contributed by atoms with Crippen LogP contribution >= 0.6 is 0 Å². The van der Waals surface area contributed by atoms with Gasteiger partial charge in [0.25, 0.3) is 5.69 Å². The van der Waals surface area contributed by atoms with Gasteiger partial charge in [0, 0.05) is 44.8 Å². The van der Waals surface area contributed by atoms with E-state index >= 15 is 0 Å². The fourth-order valence-electron chi connectivity index (χ4n) is 2.58. The molecule has 0 amide bonds. The molecule has 1 saturated heterocycles. The zero-order chi connectivity index (χ0) is 14.7. The summed E-state index contributed by atoms with van der Waals surface area (Å²) < 4.78 is 0. The number of hydrogen-bond donors (Lipinski definition) is 1. The Hall–Kier alpha value is -1.66. The van der Waals surface area contributed by atoms with Crippen molar-refractivity contribution in [1.29, 1.82) is 0 Å². The predicted molar refractivity (Wildman–Crippen MR) is 79.5 cm³/mol. The largest absolute Gasteiger partial charge is 0.393 e. The molecule has 110 valence electrons. The number of nitrogens with zero attached hydrogens (tertiary/aromatic N) is 3. The van der Waals surface area contributed by atoms with Crippen molar-refractivity contribution in [3.05, 3.63) is 33.9 Å². The van der Waals surface area contributed by atoms with E-state index < -0.39 is 4.92 Å². The van der Waals surface area contributed by atoms with Crippen LogP contribution in [-0.4, -0.2) is 46.9 Å². The molecule has 1 aliphatic rings. The number of rotatable bonds is 4. The standard InChI is InChI=1S/C14H22N4O2/c1-11(2)17-8-6-16(7-9-17)10-12-4-3-5-13(14(12)15)18(19)20/h3-5,11H,6-10,15H2,1-2H3. The Kier molecular flexibility index (Phi) is 4.57. The van der Waals surface area contributed by atoms with Crippen LogP contribution in [0.3, 0.4) is 0 Å². The molecule has 1 heterocycles. The van der Waals surface area contributed by atoms with Gasteiger partial charge in [-0.2, -0.15) is 0 Å². The first-order chi connectivity index (χ1) is 9.49. The van der Waals surface area contributed by atoms with Gasteiger partial charge in [-0.3, -0.25) is 19.9 Å². The minimum absolute atomic E-state index is 0.00307. The van der Waals surface area contributed by atoms with Gasteiger partial charge in [-0.1, -0.05) is 12.1 Å². The number of benzene rings is 1. The highest BCUT2D eigenvalue weighted by molar-refractivity contribution is 5.62. The van der Waals surface area contributed by atoms with Crippen molar-refractivity contribution in [2.75, 3.05) is 31.9 Å². The molecule has 1 aromatic rings. The molecule has 1 aliphatic heterocycles. The zero-order valence-electron chi connectivity index (χ0n) is 12.1. The summed E-state index contributed by atoms with van der Waals surface area (Å²) in [6.45, 7) is 9.10. The van der Waals surface area contributed by atoms with Crippen LogP contribution in [0.5, 0.6) is 0 Å². The summed E-state index contributed by atoms with van der Waals surface area (Å²) in [5.41, 5.74) is 7.04. The van der Waals surface area contributed by atoms with Crippen LogP contribution in [0, 0.1) is 10.1 Å². The third-order valence-electron chi connectivity index (χ3n) is 3.90. The second-order valence-corrected chi connectivity index (χ2v) is 5.51. The second kappa shape index (κ2) is 6.19. The molecule has 6 nitrogen and oxygen atoms in total. The highest BCUT2D eigenvalue weighted by Gasteiger charge is 2.21. The van der Waals surface area contributed by atoms with Gasteiger partial charge in [0.1, 0.15) is 5.69 Å². The highest BCUT2D eigenvalue weighted by Crippen LogP contribution is 2.26. The average Bonchev–Trinajstić information content (AvgIpc) is 2.41. The van der Waals surface area contributed by atoms with Crippen LogP contribution in [0.4, 0.5) is 11.4 Å². The number of nitrogen functional groups attached to an aromatic ring is 1. The maximum atomic E-state index is 10.9. The van der Waals surface area contributed by atoms with Gasteiger partial charge in [0.2, 0.25) is 0 Å². The van der Waals surface area contributed by atoms with Gasteiger partial charge < -0.3 is 5.73 Å². The van der Waals surface area contributed by atoms with E-state index in [0.717, 1.165) is 31.7 Å². The maximum absolute atomic E-state index is 10.9. The Morgan fingerprint density at radius 1 is 1.30 bits per heavy atom. The summed E-state index contributed by atoms with van der Waals surface area (Å²) >= 11 is 0. The number of para-hydroxylation sites is 1. The molecule has 2 rings (SSSR count). The van der Waals surface area contributed by atoms with Crippen LogP contribution in [0.2, 0.25) is 0 Å². The van der Waals surface area contributed by atoms with E-state index in [4.69, 9.17) is 5.73 Å². The molecule has 2 N–H and O–H groups in total. The number of nitro benzene ring substituents is 1. The second-order valence-electron chi connectivity index (χ2n) is 5.51. The summed E-state index contributed by atoms with van der Waals surface area (Å²) in [6.07, 6.45) is 0. The Bertz CT molecular complexity index is 482. The van der Waals surface area contributed by atoms with Crippen molar-refractivity contribution in [2.45, 2.75) is 26.4 Å². The van der Waals surface area contributed by atoms with Crippen LogP contribution in [0.1, 0.15) is 19.4 Å². The van der Waals surface area contributed by atoms with Crippen LogP contribution in [-0.2, 0) is 6.54 Å². The minimum atomic E-state index is -0.421. The molecule has 0 aromatic heterocycles. The summed E-state index contributed by atoms with van der Waals surface area (Å²) in [4.78, 5) is 15.2. The third-order valence-corrected chi connectivity index (χ3v) is 3.90. The monoisotopic (exact) mass is 278 g/mol. The summed E-state index contributed by atoms with van der Waals surface area (Å²) in [5, 5.41) is 10.9. The van der Waals surface area contributed by atoms with E-state index in [0.29, 0.717) is 18.3 Å². The Morgan fingerprint density at radius 3 is 2.50 bits per heavy atom. The van der Waals surface area contributed by atoms with E-state index in [-0.39, 0.29) is 5.69 Å². The van der Waals surface area contributed by atoms with Gasteiger partial charge >= 0.3 is 0 Å². The predicted octanol–water partition coefficient (Wildman–Crippen LogP) is 1.70. The number of hydrogen-bond acceptors (Lipinski definition) is 5. The van der Waals surface area contributed by atoms with Gasteiger partial charge in [-0.05, 0) is 19.4 Å². The van der Waals surface area contributed by atoms with E-state index in [2.05, 4.69) is 23.6 Å². The number of piperazine rings is 1. The molecule has 1 aromatic carbocycles. The van der Waals surface area contributed by atoms with Gasteiger partial charge in [-0.25, -0.2) is 0 Å². The van der Waals surface area contributed by atoms with Crippen LogP contribution in [0.15, 0.2) is 18.2 Å². The van der Waals surface area contributed by atoms with E-state index in [1.807, 2.05) is 6.07 Å². The van der Waals surface area contributed by atoms with Gasteiger partial charge in [-0.15, -0.1) is 0 Å². The lowest BCUT2D eigenvalue weighted by molar-refractivity contribution is -0.384. The molecular weight excluding hydrogens is 256 g/mol. The van der Waals surface area contributed by atoms with Crippen molar-refractivity contribution in [3.63, 3.8) is 0 Å². The fourth-order valence-corrected chi connectivity index (χ4v) is 2.58. The Labute approximate surface area is 119 Å². The molecule has 0 saturated carbocycles. The average molecular weight is 278 g/mol. The third kappa shape index (κ3) is 3.26. The smallest absolute Gasteiger partial charge is 0.292 e. The zero-order valence-corrected chi connectivity index (χ0v) is 12.1. The lowest BCUT2D eigenvalue weighted by Crippen LogP contribution is -2.48. The Balaban J connectivity index is 2.01. The van der Waals surface area contributed by atoms with Gasteiger partial charge in [0.05, 0.1) is 4.92 Å². The van der Waals surface area contributed by atoms with E-state index in [1.165, 1.54) is 6.07 Å². The molecule has 6 heteroatoms. The quantitative estimate of drug-likeness (QED) is 0.515. The molecule has 0 atom stereocenters. The van der Waals surface area contributed by atoms with Crippen molar-refractivity contribution in [3.8, 4) is 0 Å². The molecular formula is C14H22N4O2. The lowest BCUT2D eigenvalue weighted by Gasteiger charge is -2.37. The van der Waals surface area contributed by atoms with Crippen molar-refractivity contribution in [1.82, 2.24) is 9.80 Å².